The Bertz CT molecular complexity index is 279. The largest absolute Gasteiger partial charge is 0.463 e. The van der Waals surface area contributed by atoms with E-state index in [1.807, 2.05) is 13.0 Å². The lowest BCUT2D eigenvalue weighted by molar-refractivity contribution is -0.137. The Kier molecular flexibility index (Phi) is 6.68. The minimum absolute atomic E-state index is 0.246. The Morgan fingerprint density at radius 3 is 2.65 bits per heavy atom. The molecular formula is C15H24O2. The van der Waals surface area contributed by atoms with Gasteiger partial charge in [0.1, 0.15) is 0 Å². The Morgan fingerprint density at radius 2 is 2.06 bits per heavy atom. The zero-order valence-electron chi connectivity index (χ0n) is 11.1. The summed E-state index contributed by atoms with van der Waals surface area (Å²) in [7, 11) is 0. The molecule has 1 fully saturated rings. The van der Waals surface area contributed by atoms with E-state index < -0.39 is 0 Å². The van der Waals surface area contributed by atoms with Gasteiger partial charge in [-0.2, -0.15) is 0 Å². The third-order valence-corrected chi connectivity index (χ3v) is 3.30. The van der Waals surface area contributed by atoms with E-state index in [1.54, 1.807) is 0 Å². The SMILES string of the molecule is CCCC1CCC(=C/C=C/C(=O)OCC)CC1. The number of ether oxygens (including phenoxy) is 1. The molecule has 0 N–H and O–H groups in total. The third-order valence-electron chi connectivity index (χ3n) is 3.30. The fourth-order valence-electron chi connectivity index (χ4n) is 2.37. The summed E-state index contributed by atoms with van der Waals surface area (Å²) in [6, 6.07) is 0. The molecular weight excluding hydrogens is 212 g/mol. The van der Waals surface area contributed by atoms with Gasteiger partial charge in [0, 0.05) is 6.08 Å². The van der Waals surface area contributed by atoms with E-state index in [4.69, 9.17) is 4.74 Å². The van der Waals surface area contributed by atoms with Gasteiger partial charge < -0.3 is 4.74 Å². The van der Waals surface area contributed by atoms with Gasteiger partial charge >= 0.3 is 5.97 Å². The zero-order chi connectivity index (χ0) is 12.5. The maximum Gasteiger partial charge on any atom is 0.330 e. The van der Waals surface area contributed by atoms with Crippen LogP contribution in [0.2, 0.25) is 0 Å². The van der Waals surface area contributed by atoms with Gasteiger partial charge in [0.2, 0.25) is 0 Å². The van der Waals surface area contributed by atoms with Gasteiger partial charge in [-0.15, -0.1) is 0 Å². The number of carbonyl (C=O) groups is 1. The Labute approximate surface area is 105 Å². The molecule has 0 heterocycles. The first-order valence-electron chi connectivity index (χ1n) is 6.79. The first kappa shape index (κ1) is 14.0. The van der Waals surface area contributed by atoms with Crippen LogP contribution in [-0.2, 0) is 9.53 Å². The molecule has 0 bridgehead atoms. The number of hydrogen-bond donors (Lipinski definition) is 0. The topological polar surface area (TPSA) is 26.3 Å². The monoisotopic (exact) mass is 236 g/mol. The maximum atomic E-state index is 11.1. The summed E-state index contributed by atoms with van der Waals surface area (Å²) in [6.07, 6.45) is 13.1. The molecule has 0 aromatic carbocycles. The lowest BCUT2D eigenvalue weighted by Crippen LogP contribution is -2.07. The molecule has 1 aliphatic carbocycles. The highest BCUT2D eigenvalue weighted by atomic mass is 16.5. The highest BCUT2D eigenvalue weighted by Gasteiger charge is 2.14. The van der Waals surface area contributed by atoms with E-state index >= 15 is 0 Å². The average Bonchev–Trinajstić information content (AvgIpc) is 2.32. The molecule has 2 heteroatoms. The molecule has 0 amide bonds. The molecule has 0 saturated heterocycles. The van der Waals surface area contributed by atoms with Crippen molar-refractivity contribution in [1.82, 2.24) is 0 Å². The van der Waals surface area contributed by atoms with Gasteiger partial charge in [-0.1, -0.05) is 37.5 Å². The van der Waals surface area contributed by atoms with Gasteiger partial charge in [0.05, 0.1) is 6.61 Å². The van der Waals surface area contributed by atoms with Crippen molar-refractivity contribution < 1.29 is 9.53 Å². The third kappa shape index (κ3) is 5.71. The van der Waals surface area contributed by atoms with Crippen LogP contribution < -0.4 is 0 Å². The molecule has 0 unspecified atom stereocenters. The van der Waals surface area contributed by atoms with Gasteiger partial charge in [0.25, 0.3) is 0 Å². The molecule has 0 radical (unpaired) electrons. The molecule has 1 rings (SSSR count). The van der Waals surface area contributed by atoms with Gasteiger partial charge in [-0.3, -0.25) is 0 Å². The second-order valence-corrected chi connectivity index (χ2v) is 4.67. The van der Waals surface area contributed by atoms with Crippen LogP contribution in [0.5, 0.6) is 0 Å². The highest BCUT2D eigenvalue weighted by molar-refractivity contribution is 5.82. The average molecular weight is 236 g/mol. The van der Waals surface area contributed by atoms with E-state index in [1.165, 1.54) is 50.2 Å². The molecule has 1 aliphatic rings. The zero-order valence-corrected chi connectivity index (χ0v) is 11.1. The lowest BCUT2D eigenvalue weighted by atomic mass is 9.83. The molecule has 0 aromatic heterocycles. The predicted octanol–water partition coefficient (Wildman–Crippen LogP) is 4.02. The number of carbonyl (C=O) groups excluding carboxylic acids is 1. The summed E-state index contributed by atoms with van der Waals surface area (Å²) in [5, 5.41) is 0. The summed E-state index contributed by atoms with van der Waals surface area (Å²) in [5.41, 5.74) is 1.47. The normalized spacial score (nSPS) is 20.6. The number of rotatable bonds is 5. The van der Waals surface area contributed by atoms with E-state index in [9.17, 15) is 4.79 Å². The van der Waals surface area contributed by atoms with Crippen molar-refractivity contribution in [2.45, 2.75) is 52.4 Å². The summed E-state index contributed by atoms with van der Waals surface area (Å²) in [5.74, 6) is 0.676. The van der Waals surface area contributed by atoms with E-state index in [2.05, 4.69) is 13.0 Å². The van der Waals surface area contributed by atoms with Crippen molar-refractivity contribution in [1.29, 1.82) is 0 Å². The van der Waals surface area contributed by atoms with Crippen molar-refractivity contribution in [3.05, 3.63) is 23.8 Å². The first-order chi connectivity index (χ1) is 8.26. The van der Waals surface area contributed by atoms with Gasteiger partial charge in [-0.25, -0.2) is 4.79 Å². The maximum absolute atomic E-state index is 11.1. The summed E-state index contributed by atoms with van der Waals surface area (Å²) in [6.45, 7) is 4.52. The summed E-state index contributed by atoms with van der Waals surface area (Å²) >= 11 is 0. The van der Waals surface area contributed by atoms with E-state index in [-0.39, 0.29) is 5.97 Å². The van der Waals surface area contributed by atoms with Crippen molar-refractivity contribution >= 4 is 5.97 Å². The van der Waals surface area contributed by atoms with Crippen LogP contribution in [0.25, 0.3) is 0 Å². The lowest BCUT2D eigenvalue weighted by Gasteiger charge is -2.23. The second kappa shape index (κ2) is 8.10. The number of hydrogen-bond acceptors (Lipinski definition) is 2. The highest BCUT2D eigenvalue weighted by Crippen LogP contribution is 2.30. The predicted molar refractivity (Wildman–Crippen MR) is 70.7 cm³/mol. The van der Waals surface area contributed by atoms with Crippen LogP contribution in [0.1, 0.15) is 52.4 Å². The number of allylic oxidation sites excluding steroid dienone is 3. The standard InChI is InChI=1S/C15H24O2/c1-3-6-13-9-11-14(12-10-13)7-5-8-15(16)17-4-2/h5,7-8,13H,3-4,6,9-12H2,1-2H3/b8-5+,14-7?. The molecule has 96 valence electrons. The van der Waals surface area contributed by atoms with Crippen LogP contribution in [0.4, 0.5) is 0 Å². The molecule has 0 aromatic rings. The van der Waals surface area contributed by atoms with E-state index in [0.29, 0.717) is 6.61 Å². The Balaban J connectivity index is 2.30. The van der Waals surface area contributed by atoms with E-state index in [0.717, 1.165) is 5.92 Å². The van der Waals surface area contributed by atoms with Gasteiger partial charge in [-0.05, 0) is 38.5 Å². The van der Waals surface area contributed by atoms with Crippen molar-refractivity contribution in [2.75, 3.05) is 6.61 Å². The Hall–Kier alpha value is -1.05. The minimum Gasteiger partial charge on any atom is -0.463 e. The fourth-order valence-corrected chi connectivity index (χ4v) is 2.37. The quantitative estimate of drug-likeness (QED) is 0.532. The van der Waals surface area contributed by atoms with Crippen molar-refractivity contribution in [2.24, 2.45) is 5.92 Å². The smallest absolute Gasteiger partial charge is 0.330 e. The molecule has 0 aliphatic heterocycles. The van der Waals surface area contributed by atoms with Crippen LogP contribution in [0, 0.1) is 5.92 Å². The number of esters is 1. The van der Waals surface area contributed by atoms with Crippen LogP contribution in [0.3, 0.4) is 0 Å². The minimum atomic E-state index is -0.246. The van der Waals surface area contributed by atoms with Crippen LogP contribution in [0.15, 0.2) is 23.8 Å². The summed E-state index contributed by atoms with van der Waals surface area (Å²) in [4.78, 5) is 11.1. The van der Waals surface area contributed by atoms with Crippen LogP contribution in [-0.4, -0.2) is 12.6 Å². The molecule has 1 saturated carbocycles. The second-order valence-electron chi connectivity index (χ2n) is 4.67. The summed E-state index contributed by atoms with van der Waals surface area (Å²) < 4.78 is 4.83. The van der Waals surface area contributed by atoms with Crippen LogP contribution >= 0.6 is 0 Å². The van der Waals surface area contributed by atoms with Crippen molar-refractivity contribution in [3.63, 3.8) is 0 Å². The molecule has 0 spiro atoms. The fraction of sp³-hybridized carbons (Fsp3) is 0.667. The molecule has 0 atom stereocenters. The molecule has 2 nitrogen and oxygen atoms in total. The molecule has 17 heavy (non-hydrogen) atoms. The Morgan fingerprint density at radius 1 is 1.35 bits per heavy atom. The van der Waals surface area contributed by atoms with Crippen molar-refractivity contribution in [3.8, 4) is 0 Å². The first-order valence-corrected chi connectivity index (χ1v) is 6.79. The van der Waals surface area contributed by atoms with Gasteiger partial charge in [0.15, 0.2) is 0 Å².